The molecule has 94 valence electrons. The number of carboxylic acid groups (broad SMARTS) is 1. The van der Waals surface area contributed by atoms with Crippen molar-refractivity contribution < 1.29 is 14.7 Å². The van der Waals surface area contributed by atoms with Crippen LogP contribution >= 0.6 is 11.5 Å². The Bertz CT molecular complexity index is 405. The highest BCUT2D eigenvalue weighted by Crippen LogP contribution is 2.14. The van der Waals surface area contributed by atoms with Crippen LogP contribution in [-0.4, -0.2) is 44.6 Å². The van der Waals surface area contributed by atoms with Crippen molar-refractivity contribution in [3.05, 3.63) is 10.6 Å². The molecule has 0 aliphatic heterocycles. The van der Waals surface area contributed by atoms with Crippen LogP contribution in [0, 0.1) is 0 Å². The van der Waals surface area contributed by atoms with Crippen LogP contribution in [0.5, 0.6) is 0 Å². The van der Waals surface area contributed by atoms with Gasteiger partial charge >= 0.3 is 5.97 Å². The van der Waals surface area contributed by atoms with Crippen molar-refractivity contribution in [1.82, 2.24) is 14.5 Å². The van der Waals surface area contributed by atoms with Crippen LogP contribution < -0.4 is 0 Å². The SMILES string of the molecule is CCCN(CC(=O)O)C(=O)c1snnc1CC. The Hall–Kier alpha value is -1.50. The van der Waals surface area contributed by atoms with E-state index in [9.17, 15) is 9.59 Å². The lowest BCUT2D eigenvalue weighted by atomic mass is 10.2. The van der Waals surface area contributed by atoms with Gasteiger partial charge in [0.25, 0.3) is 5.91 Å². The van der Waals surface area contributed by atoms with Crippen molar-refractivity contribution in [2.24, 2.45) is 0 Å². The number of carbonyl (C=O) groups excluding carboxylic acids is 1. The first-order valence-corrected chi connectivity index (χ1v) is 6.19. The summed E-state index contributed by atoms with van der Waals surface area (Å²) in [4.78, 5) is 24.6. The van der Waals surface area contributed by atoms with Gasteiger partial charge < -0.3 is 10.0 Å². The third-order valence-electron chi connectivity index (χ3n) is 2.19. The topological polar surface area (TPSA) is 83.4 Å². The lowest BCUT2D eigenvalue weighted by Crippen LogP contribution is -2.36. The molecule has 1 heterocycles. The standard InChI is InChI=1S/C10H15N3O3S/c1-3-5-13(6-8(14)15)10(16)9-7(4-2)11-12-17-9/h3-6H2,1-2H3,(H,14,15). The number of amides is 1. The molecule has 0 aliphatic rings. The van der Waals surface area contributed by atoms with E-state index in [0.29, 0.717) is 30.0 Å². The first kappa shape index (κ1) is 13.6. The summed E-state index contributed by atoms with van der Waals surface area (Å²) in [6.45, 7) is 3.92. The molecule has 0 saturated heterocycles. The number of hydrogen-bond donors (Lipinski definition) is 1. The van der Waals surface area contributed by atoms with Crippen LogP contribution in [0.25, 0.3) is 0 Å². The normalized spacial score (nSPS) is 10.2. The molecule has 1 rings (SSSR count). The first-order chi connectivity index (χ1) is 8.10. The predicted molar refractivity (Wildman–Crippen MR) is 63.1 cm³/mol. The fraction of sp³-hybridized carbons (Fsp3) is 0.600. The molecular weight excluding hydrogens is 242 g/mol. The minimum Gasteiger partial charge on any atom is -0.480 e. The van der Waals surface area contributed by atoms with Crippen LogP contribution in [0.2, 0.25) is 0 Å². The van der Waals surface area contributed by atoms with Crippen LogP contribution in [0.15, 0.2) is 0 Å². The molecule has 1 N–H and O–H groups in total. The molecule has 1 aromatic rings. The molecule has 0 aromatic carbocycles. The number of rotatable bonds is 6. The minimum absolute atomic E-state index is 0.284. The Kier molecular flexibility index (Phi) is 5.02. The van der Waals surface area contributed by atoms with Crippen LogP contribution in [0.1, 0.15) is 35.6 Å². The van der Waals surface area contributed by atoms with Gasteiger partial charge in [-0.15, -0.1) is 5.10 Å². The average Bonchev–Trinajstić information content (AvgIpc) is 2.74. The van der Waals surface area contributed by atoms with Gasteiger partial charge in [-0.2, -0.15) is 0 Å². The van der Waals surface area contributed by atoms with E-state index in [1.54, 1.807) is 0 Å². The fourth-order valence-corrected chi connectivity index (χ4v) is 2.15. The van der Waals surface area contributed by atoms with Gasteiger partial charge in [-0.1, -0.05) is 18.3 Å². The average molecular weight is 257 g/mol. The van der Waals surface area contributed by atoms with E-state index >= 15 is 0 Å². The monoisotopic (exact) mass is 257 g/mol. The highest BCUT2D eigenvalue weighted by Gasteiger charge is 2.22. The van der Waals surface area contributed by atoms with E-state index in [1.807, 2.05) is 13.8 Å². The maximum atomic E-state index is 12.1. The highest BCUT2D eigenvalue weighted by atomic mass is 32.1. The summed E-state index contributed by atoms with van der Waals surface area (Å²) in [7, 11) is 0. The largest absolute Gasteiger partial charge is 0.480 e. The van der Waals surface area contributed by atoms with Crippen molar-refractivity contribution >= 4 is 23.4 Å². The molecule has 0 unspecified atom stereocenters. The Morgan fingerprint density at radius 1 is 1.41 bits per heavy atom. The van der Waals surface area contributed by atoms with Crippen molar-refractivity contribution in [2.75, 3.05) is 13.1 Å². The summed E-state index contributed by atoms with van der Waals surface area (Å²) in [6, 6.07) is 0. The van der Waals surface area contributed by atoms with Gasteiger partial charge in [0, 0.05) is 6.54 Å². The summed E-state index contributed by atoms with van der Waals surface area (Å²) >= 11 is 1.02. The zero-order chi connectivity index (χ0) is 12.8. The van der Waals surface area contributed by atoms with Crippen LogP contribution in [0.4, 0.5) is 0 Å². The number of carbonyl (C=O) groups is 2. The molecule has 0 fully saturated rings. The lowest BCUT2D eigenvalue weighted by Gasteiger charge is -2.18. The summed E-state index contributed by atoms with van der Waals surface area (Å²) in [6.07, 6.45) is 1.33. The number of aromatic nitrogens is 2. The number of aryl methyl sites for hydroxylation is 1. The number of aliphatic carboxylic acids is 1. The highest BCUT2D eigenvalue weighted by molar-refractivity contribution is 7.08. The van der Waals surface area contributed by atoms with E-state index in [2.05, 4.69) is 9.59 Å². The van der Waals surface area contributed by atoms with Crippen molar-refractivity contribution in [2.45, 2.75) is 26.7 Å². The van der Waals surface area contributed by atoms with Gasteiger partial charge in [-0.25, -0.2) is 0 Å². The quantitative estimate of drug-likeness (QED) is 0.823. The van der Waals surface area contributed by atoms with Gasteiger partial charge in [-0.3, -0.25) is 9.59 Å². The Labute approximate surface area is 103 Å². The number of carboxylic acids is 1. The second-order valence-corrected chi connectivity index (χ2v) is 4.28. The summed E-state index contributed by atoms with van der Waals surface area (Å²) in [5.74, 6) is -1.30. The summed E-state index contributed by atoms with van der Waals surface area (Å²) in [5.41, 5.74) is 0.631. The molecule has 6 nitrogen and oxygen atoms in total. The molecule has 0 atom stereocenters. The maximum Gasteiger partial charge on any atom is 0.323 e. The third kappa shape index (κ3) is 3.48. The second kappa shape index (κ2) is 6.29. The van der Waals surface area contributed by atoms with Crippen molar-refractivity contribution in [3.63, 3.8) is 0 Å². The summed E-state index contributed by atoms with van der Waals surface area (Å²) < 4.78 is 3.73. The number of hydrogen-bond acceptors (Lipinski definition) is 5. The fourth-order valence-electron chi connectivity index (χ4n) is 1.43. The molecule has 0 bridgehead atoms. The first-order valence-electron chi connectivity index (χ1n) is 5.42. The van der Waals surface area contributed by atoms with Gasteiger partial charge in [0.2, 0.25) is 0 Å². The molecule has 17 heavy (non-hydrogen) atoms. The van der Waals surface area contributed by atoms with Crippen molar-refractivity contribution in [1.29, 1.82) is 0 Å². The van der Waals surface area contributed by atoms with Gasteiger partial charge in [0.05, 0.1) is 5.69 Å². The molecular formula is C10H15N3O3S. The van der Waals surface area contributed by atoms with Gasteiger partial charge in [0.15, 0.2) is 0 Å². The van der Waals surface area contributed by atoms with Crippen LogP contribution in [0.3, 0.4) is 0 Å². The molecule has 1 amide bonds. The van der Waals surface area contributed by atoms with E-state index in [-0.39, 0.29) is 12.5 Å². The van der Waals surface area contributed by atoms with Crippen LogP contribution in [-0.2, 0) is 11.2 Å². The minimum atomic E-state index is -1.01. The molecule has 7 heteroatoms. The van der Waals surface area contributed by atoms with E-state index < -0.39 is 5.97 Å². The lowest BCUT2D eigenvalue weighted by molar-refractivity contribution is -0.137. The molecule has 0 spiro atoms. The zero-order valence-corrected chi connectivity index (χ0v) is 10.7. The van der Waals surface area contributed by atoms with Gasteiger partial charge in [-0.05, 0) is 24.4 Å². The van der Waals surface area contributed by atoms with Crippen molar-refractivity contribution in [3.8, 4) is 0 Å². The molecule has 1 aromatic heterocycles. The Morgan fingerprint density at radius 2 is 2.12 bits per heavy atom. The maximum absolute atomic E-state index is 12.1. The van der Waals surface area contributed by atoms with E-state index in [4.69, 9.17) is 5.11 Å². The smallest absolute Gasteiger partial charge is 0.323 e. The van der Waals surface area contributed by atoms with Gasteiger partial charge in [0.1, 0.15) is 11.4 Å². The van der Waals surface area contributed by atoms with E-state index in [0.717, 1.165) is 11.5 Å². The Morgan fingerprint density at radius 3 is 2.65 bits per heavy atom. The Balaban J connectivity index is 2.87. The summed E-state index contributed by atoms with van der Waals surface area (Å²) in [5, 5.41) is 12.6. The predicted octanol–water partition coefficient (Wildman–Crippen LogP) is 1.04. The van der Waals surface area contributed by atoms with E-state index in [1.165, 1.54) is 4.90 Å². The molecule has 0 saturated carbocycles. The second-order valence-electron chi connectivity index (χ2n) is 3.52. The number of nitrogens with zero attached hydrogens (tertiary/aromatic N) is 3. The molecule has 0 aliphatic carbocycles. The molecule has 0 radical (unpaired) electrons. The zero-order valence-electron chi connectivity index (χ0n) is 9.84. The third-order valence-corrected chi connectivity index (χ3v) is 2.95.